The summed E-state index contributed by atoms with van der Waals surface area (Å²) in [5.74, 6) is 1.74. The molecule has 3 rings (SSSR count). The summed E-state index contributed by atoms with van der Waals surface area (Å²) >= 11 is 0. The lowest BCUT2D eigenvalue weighted by molar-refractivity contribution is 0.171. The number of nitrogens with zero attached hydrogens (tertiary/aromatic N) is 1. The van der Waals surface area contributed by atoms with Crippen molar-refractivity contribution in [2.45, 2.75) is 25.4 Å². The van der Waals surface area contributed by atoms with E-state index >= 15 is 0 Å². The number of hydrogen-bond donors (Lipinski definition) is 1. The molecule has 0 bridgehead atoms. The molecule has 4 nitrogen and oxygen atoms in total. The Balaban J connectivity index is 1.71. The quantitative estimate of drug-likeness (QED) is 0.855. The molecule has 0 unspecified atom stereocenters. The molecule has 0 amide bonds. The highest BCUT2D eigenvalue weighted by atomic mass is 16.6. The second-order valence-electron chi connectivity index (χ2n) is 4.97. The molecule has 0 radical (unpaired) electrons. The van der Waals surface area contributed by atoms with Crippen molar-refractivity contribution in [1.29, 1.82) is 0 Å². The Morgan fingerprint density at radius 3 is 2.67 bits per heavy atom. The Morgan fingerprint density at radius 1 is 1.17 bits per heavy atom. The number of nitrogens with two attached hydrogens (primary N) is 1. The summed E-state index contributed by atoms with van der Waals surface area (Å²) in [6.07, 6.45) is 2.62. The van der Waals surface area contributed by atoms with Gasteiger partial charge < -0.3 is 15.2 Å². The van der Waals surface area contributed by atoms with Crippen molar-refractivity contribution >= 4 is 0 Å². The Kier molecular flexibility index (Phi) is 3.39. The van der Waals surface area contributed by atoms with Crippen molar-refractivity contribution in [3.8, 4) is 11.5 Å². The molecular weight excluding hydrogens is 228 g/mol. The van der Waals surface area contributed by atoms with Crippen LogP contribution >= 0.6 is 0 Å². The zero-order chi connectivity index (χ0) is 12.4. The summed E-state index contributed by atoms with van der Waals surface area (Å²) in [6.45, 7) is 3.94. The first kappa shape index (κ1) is 11.8. The SMILES string of the molecule is NCCN(Cc1ccc2c(c1)OCCO2)C1CC1. The van der Waals surface area contributed by atoms with Gasteiger partial charge >= 0.3 is 0 Å². The molecule has 1 aliphatic heterocycles. The van der Waals surface area contributed by atoms with E-state index in [1.807, 2.05) is 6.07 Å². The minimum Gasteiger partial charge on any atom is -0.486 e. The van der Waals surface area contributed by atoms with Crippen molar-refractivity contribution in [2.24, 2.45) is 5.73 Å². The molecule has 1 aliphatic carbocycles. The second-order valence-corrected chi connectivity index (χ2v) is 4.97. The molecule has 0 saturated heterocycles. The van der Waals surface area contributed by atoms with Crippen LogP contribution in [0.25, 0.3) is 0 Å². The summed E-state index contributed by atoms with van der Waals surface area (Å²) in [5.41, 5.74) is 6.95. The zero-order valence-electron chi connectivity index (χ0n) is 10.6. The molecule has 2 aliphatic rings. The van der Waals surface area contributed by atoms with E-state index in [-0.39, 0.29) is 0 Å². The Hall–Kier alpha value is -1.26. The first-order chi connectivity index (χ1) is 8.86. The summed E-state index contributed by atoms with van der Waals surface area (Å²) in [5, 5.41) is 0. The van der Waals surface area contributed by atoms with Gasteiger partial charge in [0.05, 0.1) is 0 Å². The normalized spacial score (nSPS) is 18.1. The first-order valence-electron chi connectivity index (χ1n) is 6.69. The van der Waals surface area contributed by atoms with E-state index in [1.54, 1.807) is 0 Å². The summed E-state index contributed by atoms with van der Waals surface area (Å²) in [4.78, 5) is 2.46. The topological polar surface area (TPSA) is 47.7 Å². The van der Waals surface area contributed by atoms with E-state index in [0.717, 1.165) is 37.2 Å². The third-order valence-corrected chi connectivity index (χ3v) is 3.47. The molecule has 98 valence electrons. The molecule has 2 N–H and O–H groups in total. The van der Waals surface area contributed by atoms with Crippen molar-refractivity contribution in [3.63, 3.8) is 0 Å². The lowest BCUT2D eigenvalue weighted by Crippen LogP contribution is -2.31. The molecule has 0 aromatic heterocycles. The number of ether oxygens (including phenoxy) is 2. The van der Waals surface area contributed by atoms with Gasteiger partial charge in [-0.1, -0.05) is 6.07 Å². The average molecular weight is 248 g/mol. The molecule has 1 heterocycles. The van der Waals surface area contributed by atoms with Crippen LogP contribution < -0.4 is 15.2 Å². The van der Waals surface area contributed by atoms with Crippen LogP contribution in [0.15, 0.2) is 18.2 Å². The minimum absolute atomic E-state index is 0.644. The lowest BCUT2D eigenvalue weighted by Gasteiger charge is -2.23. The first-order valence-corrected chi connectivity index (χ1v) is 6.69. The van der Waals surface area contributed by atoms with Gasteiger partial charge in [0, 0.05) is 25.7 Å². The maximum atomic E-state index is 5.67. The number of fused-ring (bicyclic) bond motifs is 1. The number of rotatable bonds is 5. The smallest absolute Gasteiger partial charge is 0.161 e. The lowest BCUT2D eigenvalue weighted by atomic mass is 10.1. The van der Waals surface area contributed by atoms with Crippen molar-refractivity contribution in [2.75, 3.05) is 26.3 Å². The fourth-order valence-corrected chi connectivity index (χ4v) is 2.42. The van der Waals surface area contributed by atoms with Crippen LogP contribution in [0, 0.1) is 0 Å². The van der Waals surface area contributed by atoms with Gasteiger partial charge in [0.15, 0.2) is 11.5 Å². The van der Waals surface area contributed by atoms with E-state index < -0.39 is 0 Å². The summed E-state index contributed by atoms with van der Waals surface area (Å²) in [7, 11) is 0. The van der Waals surface area contributed by atoms with Crippen LogP contribution in [0.3, 0.4) is 0 Å². The summed E-state index contributed by atoms with van der Waals surface area (Å²) < 4.78 is 11.1. The molecule has 1 aromatic rings. The highest BCUT2D eigenvalue weighted by Gasteiger charge is 2.28. The third kappa shape index (κ3) is 2.60. The van der Waals surface area contributed by atoms with Gasteiger partial charge in [-0.25, -0.2) is 0 Å². The van der Waals surface area contributed by atoms with Gasteiger partial charge in [0.25, 0.3) is 0 Å². The molecule has 1 saturated carbocycles. The number of benzene rings is 1. The van der Waals surface area contributed by atoms with Gasteiger partial charge in [-0.3, -0.25) is 4.90 Å². The second kappa shape index (κ2) is 5.16. The summed E-state index contributed by atoms with van der Waals surface area (Å²) in [6, 6.07) is 6.97. The zero-order valence-corrected chi connectivity index (χ0v) is 10.6. The Bertz CT molecular complexity index is 418. The molecular formula is C14H20N2O2. The molecule has 18 heavy (non-hydrogen) atoms. The van der Waals surface area contributed by atoms with Crippen LogP contribution in [0.5, 0.6) is 11.5 Å². The van der Waals surface area contributed by atoms with Gasteiger partial charge in [-0.05, 0) is 30.5 Å². The van der Waals surface area contributed by atoms with Gasteiger partial charge in [-0.2, -0.15) is 0 Å². The van der Waals surface area contributed by atoms with Crippen LogP contribution in [0.1, 0.15) is 18.4 Å². The van der Waals surface area contributed by atoms with E-state index in [0.29, 0.717) is 13.2 Å². The van der Waals surface area contributed by atoms with Gasteiger partial charge in [0.2, 0.25) is 0 Å². The number of hydrogen-bond acceptors (Lipinski definition) is 4. The van der Waals surface area contributed by atoms with Crippen LogP contribution in [-0.4, -0.2) is 37.2 Å². The predicted molar refractivity (Wildman–Crippen MR) is 69.9 cm³/mol. The molecule has 1 aromatic carbocycles. The molecule has 0 atom stereocenters. The van der Waals surface area contributed by atoms with Crippen LogP contribution in [-0.2, 0) is 6.54 Å². The van der Waals surface area contributed by atoms with E-state index in [9.17, 15) is 0 Å². The fourth-order valence-electron chi connectivity index (χ4n) is 2.42. The molecule has 0 spiro atoms. The Labute approximate surface area is 108 Å². The van der Waals surface area contributed by atoms with E-state index in [2.05, 4.69) is 17.0 Å². The maximum Gasteiger partial charge on any atom is 0.161 e. The molecule has 1 fully saturated rings. The highest BCUT2D eigenvalue weighted by molar-refractivity contribution is 5.43. The average Bonchev–Trinajstić information content (AvgIpc) is 3.22. The highest BCUT2D eigenvalue weighted by Crippen LogP contribution is 2.33. The van der Waals surface area contributed by atoms with E-state index in [4.69, 9.17) is 15.2 Å². The third-order valence-electron chi connectivity index (χ3n) is 3.47. The van der Waals surface area contributed by atoms with Crippen molar-refractivity contribution in [1.82, 2.24) is 4.90 Å². The predicted octanol–water partition coefficient (Wildman–Crippen LogP) is 1.38. The fraction of sp³-hybridized carbons (Fsp3) is 0.571. The Morgan fingerprint density at radius 2 is 1.94 bits per heavy atom. The van der Waals surface area contributed by atoms with Crippen molar-refractivity contribution < 1.29 is 9.47 Å². The van der Waals surface area contributed by atoms with Crippen LogP contribution in [0.2, 0.25) is 0 Å². The van der Waals surface area contributed by atoms with Gasteiger partial charge in [-0.15, -0.1) is 0 Å². The van der Waals surface area contributed by atoms with E-state index in [1.165, 1.54) is 18.4 Å². The van der Waals surface area contributed by atoms with Crippen LogP contribution in [0.4, 0.5) is 0 Å². The largest absolute Gasteiger partial charge is 0.486 e. The maximum absolute atomic E-state index is 5.67. The molecule has 4 heteroatoms. The standard InChI is InChI=1S/C14H20N2O2/c15-5-6-16(12-2-3-12)10-11-1-4-13-14(9-11)18-8-7-17-13/h1,4,9,12H,2-3,5-8,10,15H2. The van der Waals surface area contributed by atoms with Crippen molar-refractivity contribution in [3.05, 3.63) is 23.8 Å². The minimum atomic E-state index is 0.644. The monoisotopic (exact) mass is 248 g/mol. The van der Waals surface area contributed by atoms with Gasteiger partial charge in [0.1, 0.15) is 13.2 Å².